The monoisotopic (exact) mass is 758 g/mol. The summed E-state index contributed by atoms with van der Waals surface area (Å²) in [7, 11) is 3.10. The van der Waals surface area contributed by atoms with Crippen molar-refractivity contribution in [1.29, 1.82) is 0 Å². The largest absolute Gasteiger partial charge is 0.474 e. The van der Waals surface area contributed by atoms with Crippen LogP contribution in [0, 0.1) is 23.7 Å². The maximum Gasteiger partial charge on any atom is 0.290 e. The molecule has 6 unspecified atom stereocenters. The number of hydrogen-bond acceptors (Lipinski definition) is 8. The Bertz CT molecular complexity index is 1570. The predicted octanol–water partition coefficient (Wildman–Crippen LogP) is 3.07. The van der Waals surface area contributed by atoms with Gasteiger partial charge in [-0.05, 0) is 75.8 Å². The van der Waals surface area contributed by atoms with Gasteiger partial charge in [0.15, 0.2) is 5.88 Å². The van der Waals surface area contributed by atoms with Crippen molar-refractivity contribution in [1.82, 2.24) is 31.1 Å². The van der Waals surface area contributed by atoms with Gasteiger partial charge in [-0.15, -0.1) is 0 Å². The van der Waals surface area contributed by atoms with E-state index in [4.69, 9.17) is 4.74 Å². The van der Waals surface area contributed by atoms with Gasteiger partial charge in [-0.2, -0.15) is 0 Å². The van der Waals surface area contributed by atoms with Crippen LogP contribution < -0.4 is 21.3 Å². The fraction of sp³-hybridized carbons (Fsp3) is 0.641. The maximum atomic E-state index is 14.4. The number of piperidine rings is 1. The van der Waals surface area contributed by atoms with Crippen LogP contribution in [0.3, 0.4) is 0 Å². The van der Waals surface area contributed by atoms with E-state index in [1.165, 1.54) is 9.80 Å². The minimum absolute atomic E-state index is 0.0382. The van der Waals surface area contributed by atoms with E-state index in [0.29, 0.717) is 12.0 Å². The summed E-state index contributed by atoms with van der Waals surface area (Å²) in [5.74, 6) is -7.36. The van der Waals surface area contributed by atoms with E-state index in [9.17, 15) is 37.5 Å². The third-order valence-corrected chi connectivity index (χ3v) is 10.5. The number of ketones is 1. The molecule has 2 saturated carbocycles. The van der Waals surface area contributed by atoms with Gasteiger partial charge >= 0.3 is 0 Å². The van der Waals surface area contributed by atoms with E-state index in [2.05, 4.69) is 27.8 Å². The molecule has 1 aromatic rings. The first-order chi connectivity index (χ1) is 25.2. The smallest absolute Gasteiger partial charge is 0.290 e. The first kappa shape index (κ1) is 42.2. The van der Waals surface area contributed by atoms with Crippen LogP contribution in [-0.4, -0.2) is 102 Å². The summed E-state index contributed by atoms with van der Waals surface area (Å²) in [5.41, 5.74) is -0.105. The van der Waals surface area contributed by atoms with Crippen LogP contribution in [0.4, 0.5) is 8.78 Å². The van der Waals surface area contributed by atoms with Crippen molar-refractivity contribution >= 4 is 35.3 Å². The van der Waals surface area contributed by atoms with Crippen LogP contribution in [0.25, 0.3) is 0 Å². The Labute approximate surface area is 316 Å². The molecule has 2 aliphatic carbocycles. The molecule has 4 N–H and O–H groups in total. The highest BCUT2D eigenvalue weighted by Gasteiger charge is 2.63. The molecule has 1 heterocycles. The highest BCUT2D eigenvalue weighted by Crippen LogP contribution is 2.55. The van der Waals surface area contributed by atoms with Crippen molar-refractivity contribution in [3.05, 3.63) is 48.4 Å². The van der Waals surface area contributed by atoms with Crippen LogP contribution in [0.2, 0.25) is 0 Å². The molecule has 5 amide bonds. The quantitative estimate of drug-likeness (QED) is 0.148. The lowest BCUT2D eigenvalue weighted by atomic mass is 9.81. The fourth-order valence-corrected chi connectivity index (χ4v) is 7.63. The second-order valence-electron chi connectivity index (χ2n) is 16.0. The minimum Gasteiger partial charge on any atom is -0.474 e. The highest BCUT2D eigenvalue weighted by atomic mass is 19.3. The number of carbonyl (C=O) groups is 6. The average molecular weight is 759 g/mol. The van der Waals surface area contributed by atoms with Crippen molar-refractivity contribution in [3.8, 4) is 0 Å². The highest BCUT2D eigenvalue weighted by molar-refractivity contribution is 6.38. The third kappa shape index (κ3) is 10.6. The number of likely N-dealkylation sites (tertiary alicyclic amines) is 1. The van der Waals surface area contributed by atoms with E-state index in [1.807, 2.05) is 27.7 Å². The third-order valence-electron chi connectivity index (χ3n) is 10.5. The van der Waals surface area contributed by atoms with Gasteiger partial charge in [0.05, 0.1) is 12.6 Å². The lowest BCUT2D eigenvalue weighted by molar-refractivity contribution is -0.145. The Kier molecular flexibility index (Phi) is 13.5. The van der Waals surface area contributed by atoms with Gasteiger partial charge < -0.3 is 35.8 Å². The van der Waals surface area contributed by atoms with Crippen LogP contribution in [0.1, 0.15) is 84.7 Å². The van der Waals surface area contributed by atoms with E-state index in [0.717, 1.165) is 0 Å². The van der Waals surface area contributed by atoms with Gasteiger partial charge in [-0.3, -0.25) is 28.8 Å². The zero-order valence-corrected chi connectivity index (χ0v) is 32.4. The maximum absolute atomic E-state index is 14.4. The summed E-state index contributed by atoms with van der Waals surface area (Å²) in [6, 6.07) is 4.40. The molecule has 1 saturated heterocycles. The Balaban J connectivity index is 1.45. The number of nitrogens with zero attached hydrogens (tertiary/aromatic N) is 2. The summed E-state index contributed by atoms with van der Waals surface area (Å²) in [6.07, 6.45) is -0.00672. The first-order valence-corrected chi connectivity index (χ1v) is 18.7. The summed E-state index contributed by atoms with van der Waals surface area (Å²) in [5, 5.41) is 10.7. The molecule has 0 bridgehead atoms. The topological polar surface area (TPSA) is 166 Å². The zero-order chi connectivity index (χ0) is 40.1. The number of halogens is 2. The number of carbonyl (C=O) groups excluding carboxylic acids is 6. The molecule has 3 fully saturated rings. The number of benzene rings is 1. The fourth-order valence-electron chi connectivity index (χ4n) is 7.63. The second kappa shape index (κ2) is 17.3. The number of Topliss-reactive ketones (excluding diaryl/α,β-unsaturated/α-hetero) is 1. The molecule has 298 valence electrons. The van der Waals surface area contributed by atoms with Crippen molar-refractivity contribution < 1.29 is 42.3 Å². The molecule has 0 radical (unpaired) electrons. The molecule has 0 spiro atoms. The Morgan fingerprint density at radius 1 is 1.02 bits per heavy atom. The molecular weight excluding hydrogens is 702 g/mol. The number of likely N-dealkylation sites (N-methyl/N-ethyl adjacent to an activating group) is 1. The number of fused-ring (bicyclic) bond motifs is 1. The minimum atomic E-state index is -2.82. The average Bonchev–Trinajstić information content (AvgIpc) is 3.52. The van der Waals surface area contributed by atoms with E-state index < -0.39 is 77.6 Å². The van der Waals surface area contributed by atoms with Crippen LogP contribution >= 0.6 is 0 Å². The van der Waals surface area contributed by atoms with E-state index in [1.54, 1.807) is 51.4 Å². The second-order valence-corrected chi connectivity index (χ2v) is 16.0. The van der Waals surface area contributed by atoms with Gasteiger partial charge in [0.25, 0.3) is 5.91 Å². The van der Waals surface area contributed by atoms with Gasteiger partial charge in [0.1, 0.15) is 23.7 Å². The Morgan fingerprint density at radius 3 is 2.22 bits per heavy atom. The van der Waals surface area contributed by atoms with Crippen molar-refractivity contribution in [3.63, 3.8) is 0 Å². The van der Waals surface area contributed by atoms with Crippen LogP contribution in [0.5, 0.6) is 0 Å². The number of hydrogen-bond donors (Lipinski definition) is 4. The van der Waals surface area contributed by atoms with Crippen LogP contribution in [-0.2, 0) is 33.5 Å². The van der Waals surface area contributed by atoms with Crippen LogP contribution in [0.15, 0.2) is 42.8 Å². The Hall–Kier alpha value is -4.56. The Morgan fingerprint density at radius 2 is 1.65 bits per heavy atom. The number of nitrogens with one attached hydrogen (secondary N) is 4. The van der Waals surface area contributed by atoms with Crippen molar-refractivity contribution in [2.24, 2.45) is 23.7 Å². The summed E-state index contributed by atoms with van der Waals surface area (Å²) in [6.45, 7) is 12.8. The lowest BCUT2D eigenvalue weighted by Gasteiger charge is -2.38. The normalized spacial score (nSPS) is 23.5. The first-order valence-electron chi connectivity index (χ1n) is 18.7. The zero-order valence-electron chi connectivity index (χ0n) is 32.4. The number of amides is 5. The molecule has 13 nitrogen and oxygen atoms in total. The van der Waals surface area contributed by atoms with Crippen molar-refractivity contribution in [2.45, 2.75) is 109 Å². The summed E-state index contributed by atoms with van der Waals surface area (Å²) < 4.78 is 34.2. The molecule has 54 heavy (non-hydrogen) atoms. The van der Waals surface area contributed by atoms with Crippen molar-refractivity contribution in [2.75, 3.05) is 27.2 Å². The summed E-state index contributed by atoms with van der Waals surface area (Å²) in [4.78, 5) is 83.3. The van der Waals surface area contributed by atoms with Gasteiger partial charge in [-0.1, -0.05) is 50.6 Å². The standard InChI is InChI=1S/C39H56F2N6O7/c1-9-13-27(33(49)35(51)42-20-28(48)45-30(36(52)46(7)8)24-14-11-10-12-15-24)44-34(50)32-29-22(2)26(29)21-47(32)37(53)31(43-23(3)54-38(4,5)6)25-16-18-39(40,41)19-17-25/h10-12,14-15,22,25-27,29-32,43H,3,9,13,16-21H2,1-2,4-8H3,(H,42,51)(H,44,50)(H,45,48)/t22?,26-,27?,29?,30?,31?,32?/m1/s1. The molecule has 4 rings (SSSR count). The molecule has 3 aliphatic rings. The molecular formula is C39H56F2N6O7. The number of rotatable bonds is 16. The molecule has 1 aromatic carbocycles. The lowest BCUT2D eigenvalue weighted by Crippen LogP contribution is -2.59. The van der Waals surface area contributed by atoms with Gasteiger partial charge in [0, 0.05) is 33.5 Å². The molecule has 7 atom stereocenters. The number of alkyl halides is 2. The van der Waals surface area contributed by atoms with E-state index in [-0.39, 0.29) is 68.2 Å². The molecule has 0 aromatic heterocycles. The number of ether oxygens (including phenoxy) is 1. The molecule has 15 heteroatoms. The SMILES string of the molecule is C=C(NC(C(=O)N1C[C@@H]2C(C)C2C1C(=O)NC(CCC)C(=O)C(=O)NCC(=O)NC(C(=O)N(C)C)c1ccccc1)C1CCC(F)(F)CC1)OC(C)(C)C. The van der Waals surface area contributed by atoms with Gasteiger partial charge in [0.2, 0.25) is 35.3 Å². The molecule has 1 aliphatic heterocycles. The van der Waals surface area contributed by atoms with Gasteiger partial charge in [-0.25, -0.2) is 8.78 Å². The predicted molar refractivity (Wildman–Crippen MR) is 196 cm³/mol. The van der Waals surface area contributed by atoms with E-state index >= 15 is 0 Å². The summed E-state index contributed by atoms with van der Waals surface area (Å²) >= 11 is 0.